The third-order valence-corrected chi connectivity index (χ3v) is 3.16. The zero-order valence-corrected chi connectivity index (χ0v) is 12.0. The van der Waals surface area contributed by atoms with Crippen LogP contribution in [0, 0.1) is 11.6 Å². The molecule has 2 rings (SSSR count). The maximum atomic E-state index is 13.4. The minimum Gasteiger partial charge on any atom is -0.443 e. The van der Waals surface area contributed by atoms with Crippen molar-refractivity contribution in [3.05, 3.63) is 29.8 Å². The molecule has 0 saturated heterocycles. The highest BCUT2D eigenvalue weighted by atomic mass is 19.1. The van der Waals surface area contributed by atoms with Gasteiger partial charge in [0, 0.05) is 12.1 Å². The van der Waals surface area contributed by atoms with Crippen LogP contribution >= 0.6 is 0 Å². The second-order valence-electron chi connectivity index (χ2n) is 6.06. The number of benzene rings is 1. The van der Waals surface area contributed by atoms with Gasteiger partial charge in [0.1, 0.15) is 17.2 Å². The number of ether oxygens (including phenoxy) is 1. The zero-order valence-electron chi connectivity index (χ0n) is 12.0. The molecule has 0 aliphatic heterocycles. The van der Waals surface area contributed by atoms with Crippen LogP contribution in [0.4, 0.5) is 19.3 Å². The minimum absolute atomic E-state index is 0.0500. The average molecular weight is 283 g/mol. The van der Waals surface area contributed by atoms with E-state index < -0.39 is 23.3 Å². The van der Waals surface area contributed by atoms with Gasteiger partial charge in [-0.3, -0.25) is 4.90 Å². The van der Waals surface area contributed by atoms with E-state index in [0.717, 1.165) is 37.5 Å². The van der Waals surface area contributed by atoms with Crippen molar-refractivity contribution in [2.75, 3.05) is 4.90 Å². The van der Waals surface area contributed by atoms with Crippen LogP contribution in [-0.4, -0.2) is 17.7 Å². The van der Waals surface area contributed by atoms with E-state index >= 15 is 0 Å². The Labute approximate surface area is 117 Å². The molecule has 0 spiro atoms. The van der Waals surface area contributed by atoms with Gasteiger partial charge in [-0.1, -0.05) is 0 Å². The normalized spacial score (nSPS) is 15.7. The SMILES string of the molecule is CC(C)(C)OC(=O)N(c1cc(F)cc(F)c1)C1CCC1. The van der Waals surface area contributed by atoms with Gasteiger partial charge in [0.15, 0.2) is 0 Å². The van der Waals surface area contributed by atoms with Crippen molar-refractivity contribution in [3.63, 3.8) is 0 Å². The lowest BCUT2D eigenvalue weighted by Gasteiger charge is -2.38. The van der Waals surface area contributed by atoms with Crippen LogP contribution in [0.2, 0.25) is 0 Å². The Morgan fingerprint density at radius 1 is 1.20 bits per heavy atom. The quantitative estimate of drug-likeness (QED) is 0.811. The summed E-state index contributed by atoms with van der Waals surface area (Å²) < 4.78 is 32.0. The Balaban J connectivity index is 2.29. The van der Waals surface area contributed by atoms with Gasteiger partial charge in [-0.25, -0.2) is 13.6 Å². The maximum absolute atomic E-state index is 13.4. The van der Waals surface area contributed by atoms with Crippen LogP contribution in [0.5, 0.6) is 0 Å². The fourth-order valence-corrected chi connectivity index (χ4v) is 2.10. The topological polar surface area (TPSA) is 29.5 Å². The van der Waals surface area contributed by atoms with E-state index in [0.29, 0.717) is 0 Å². The van der Waals surface area contributed by atoms with Crippen LogP contribution < -0.4 is 4.90 Å². The molecular formula is C15H19F2NO2. The Morgan fingerprint density at radius 2 is 1.75 bits per heavy atom. The van der Waals surface area contributed by atoms with E-state index in [1.807, 2.05) is 0 Å². The molecule has 0 radical (unpaired) electrons. The summed E-state index contributed by atoms with van der Waals surface area (Å²) in [6.07, 6.45) is 2.07. The van der Waals surface area contributed by atoms with Gasteiger partial charge < -0.3 is 4.74 Å². The predicted octanol–water partition coefficient (Wildman–Crippen LogP) is 4.26. The van der Waals surface area contributed by atoms with Crippen LogP contribution in [0.1, 0.15) is 40.0 Å². The van der Waals surface area contributed by atoms with Crippen LogP contribution in [0.25, 0.3) is 0 Å². The van der Waals surface area contributed by atoms with Gasteiger partial charge in [0.05, 0.1) is 5.69 Å². The number of hydrogen-bond acceptors (Lipinski definition) is 2. The molecule has 20 heavy (non-hydrogen) atoms. The second kappa shape index (κ2) is 5.38. The van der Waals surface area contributed by atoms with Crippen molar-refractivity contribution in [3.8, 4) is 0 Å². The molecular weight excluding hydrogens is 264 g/mol. The zero-order chi connectivity index (χ0) is 14.9. The number of anilines is 1. The summed E-state index contributed by atoms with van der Waals surface area (Å²) in [4.78, 5) is 13.6. The molecule has 3 nitrogen and oxygen atoms in total. The minimum atomic E-state index is -0.701. The lowest BCUT2D eigenvalue weighted by atomic mass is 9.91. The number of nitrogens with zero attached hydrogens (tertiary/aromatic N) is 1. The Bertz CT molecular complexity index is 487. The predicted molar refractivity (Wildman–Crippen MR) is 72.7 cm³/mol. The first-order valence-corrected chi connectivity index (χ1v) is 6.74. The molecule has 1 fully saturated rings. The third-order valence-electron chi connectivity index (χ3n) is 3.16. The summed E-state index contributed by atoms with van der Waals surface area (Å²) in [5.74, 6) is -1.40. The van der Waals surface area contributed by atoms with Gasteiger partial charge in [0.25, 0.3) is 0 Å². The first kappa shape index (κ1) is 14.8. The summed E-state index contributed by atoms with van der Waals surface area (Å²) in [6.45, 7) is 5.28. The van der Waals surface area contributed by atoms with Crippen molar-refractivity contribution in [1.29, 1.82) is 0 Å². The third kappa shape index (κ3) is 3.46. The summed E-state index contributed by atoms with van der Waals surface area (Å²) in [6, 6.07) is 3.06. The number of amides is 1. The number of rotatable bonds is 2. The largest absolute Gasteiger partial charge is 0.443 e. The molecule has 1 aromatic rings. The van der Waals surface area contributed by atoms with E-state index in [4.69, 9.17) is 4.74 Å². The van der Waals surface area contributed by atoms with Crippen LogP contribution in [0.3, 0.4) is 0 Å². The maximum Gasteiger partial charge on any atom is 0.415 e. The highest BCUT2D eigenvalue weighted by molar-refractivity contribution is 5.88. The lowest BCUT2D eigenvalue weighted by Crippen LogP contribution is -2.46. The Morgan fingerprint density at radius 3 is 2.15 bits per heavy atom. The summed E-state index contributed by atoms with van der Waals surface area (Å²) >= 11 is 0. The van der Waals surface area contributed by atoms with Gasteiger partial charge >= 0.3 is 6.09 Å². The first-order chi connectivity index (χ1) is 9.26. The molecule has 0 aromatic heterocycles. The van der Waals surface area contributed by atoms with Crippen molar-refractivity contribution < 1.29 is 18.3 Å². The molecule has 110 valence electrons. The van der Waals surface area contributed by atoms with Crippen molar-refractivity contribution >= 4 is 11.8 Å². The van der Waals surface area contributed by atoms with Crippen LogP contribution in [0.15, 0.2) is 18.2 Å². The summed E-state index contributed by atoms with van der Waals surface area (Å²) in [7, 11) is 0. The fraction of sp³-hybridized carbons (Fsp3) is 0.533. The van der Waals surface area contributed by atoms with E-state index in [-0.39, 0.29) is 11.7 Å². The monoisotopic (exact) mass is 283 g/mol. The lowest BCUT2D eigenvalue weighted by molar-refractivity contribution is 0.0549. The molecule has 1 saturated carbocycles. The van der Waals surface area contributed by atoms with Gasteiger partial charge in [0.2, 0.25) is 0 Å². The number of carbonyl (C=O) groups excluding carboxylic acids is 1. The molecule has 1 amide bonds. The molecule has 1 aliphatic carbocycles. The van der Waals surface area contributed by atoms with E-state index in [1.165, 1.54) is 4.90 Å². The highest BCUT2D eigenvalue weighted by Crippen LogP contribution is 2.32. The first-order valence-electron chi connectivity index (χ1n) is 6.74. The standard InChI is InChI=1S/C15H19F2NO2/c1-15(2,3)20-14(19)18(12-5-4-6-12)13-8-10(16)7-11(17)9-13/h7-9,12H,4-6H2,1-3H3. The molecule has 1 aromatic carbocycles. The van der Waals surface area contributed by atoms with Crippen molar-refractivity contribution in [1.82, 2.24) is 0 Å². The highest BCUT2D eigenvalue weighted by Gasteiger charge is 2.33. The summed E-state index contributed by atoms with van der Waals surface area (Å²) in [5.41, 5.74) is -0.438. The number of carbonyl (C=O) groups is 1. The molecule has 1 aliphatic rings. The molecule has 0 atom stereocenters. The molecule has 0 unspecified atom stereocenters. The van der Waals surface area contributed by atoms with Gasteiger partial charge in [-0.2, -0.15) is 0 Å². The summed E-state index contributed by atoms with van der Waals surface area (Å²) in [5, 5.41) is 0. The molecule has 0 heterocycles. The second-order valence-corrected chi connectivity index (χ2v) is 6.06. The number of hydrogen-bond donors (Lipinski definition) is 0. The van der Waals surface area contributed by atoms with Crippen LogP contribution in [-0.2, 0) is 4.74 Å². The Hall–Kier alpha value is -1.65. The van der Waals surface area contributed by atoms with E-state index in [9.17, 15) is 13.6 Å². The molecule has 0 N–H and O–H groups in total. The van der Waals surface area contributed by atoms with Gasteiger partial charge in [-0.15, -0.1) is 0 Å². The van der Waals surface area contributed by atoms with Crippen molar-refractivity contribution in [2.24, 2.45) is 0 Å². The Kier molecular flexibility index (Phi) is 3.97. The molecule has 0 bridgehead atoms. The average Bonchev–Trinajstić information content (AvgIpc) is 2.18. The van der Waals surface area contributed by atoms with E-state index in [2.05, 4.69) is 0 Å². The molecule has 5 heteroatoms. The van der Waals surface area contributed by atoms with Crippen molar-refractivity contribution in [2.45, 2.75) is 51.7 Å². The fourth-order valence-electron chi connectivity index (χ4n) is 2.10. The van der Waals surface area contributed by atoms with E-state index in [1.54, 1.807) is 20.8 Å². The smallest absolute Gasteiger partial charge is 0.415 e. The number of halogens is 2. The van der Waals surface area contributed by atoms with Gasteiger partial charge in [-0.05, 0) is 52.2 Å².